The van der Waals surface area contributed by atoms with Crippen molar-refractivity contribution in [3.05, 3.63) is 42.5 Å². The molecule has 9 heteroatoms. The maximum Gasteiger partial charge on any atom is 0.247 e. The Morgan fingerprint density at radius 3 is 2.68 bits per heavy atom. The standard InChI is InChI=1S/C22H23N3O5S/c1-3-23-22(24-14-5-10-17-18(11-14)30-13-29-17)31-19-12-20(26)25(21(19)27)15-6-8-16(9-7-15)28-4-2/h5-11,19H,3-4,12-13H2,1-2H3,(H,23,24)/t19-/m1/s1. The minimum absolute atomic E-state index is 0.113. The Morgan fingerprint density at radius 1 is 1.16 bits per heavy atom. The normalized spacial score (nSPS) is 17.9. The number of amidine groups is 1. The van der Waals surface area contributed by atoms with Gasteiger partial charge >= 0.3 is 0 Å². The van der Waals surface area contributed by atoms with E-state index in [0.29, 0.717) is 41.3 Å². The van der Waals surface area contributed by atoms with Crippen LogP contribution in [0.15, 0.2) is 47.5 Å². The third-order valence-electron chi connectivity index (χ3n) is 4.69. The molecule has 1 saturated heterocycles. The fourth-order valence-electron chi connectivity index (χ4n) is 3.31. The van der Waals surface area contributed by atoms with Gasteiger partial charge in [0.05, 0.1) is 12.3 Å². The van der Waals surface area contributed by atoms with Crippen LogP contribution < -0.4 is 24.4 Å². The molecule has 162 valence electrons. The van der Waals surface area contributed by atoms with Crippen LogP contribution in [0.3, 0.4) is 0 Å². The van der Waals surface area contributed by atoms with Gasteiger partial charge in [0.2, 0.25) is 18.6 Å². The van der Waals surface area contributed by atoms with Crippen molar-refractivity contribution in [1.82, 2.24) is 0 Å². The average molecular weight is 442 g/mol. The number of anilines is 2. The Morgan fingerprint density at radius 2 is 1.94 bits per heavy atom. The van der Waals surface area contributed by atoms with Gasteiger partial charge in [-0.05, 0) is 50.2 Å². The lowest BCUT2D eigenvalue weighted by atomic mass is 10.3. The molecular weight excluding hydrogens is 418 g/mol. The van der Waals surface area contributed by atoms with E-state index in [9.17, 15) is 9.59 Å². The lowest BCUT2D eigenvalue weighted by Gasteiger charge is -2.16. The largest absolute Gasteiger partial charge is 0.494 e. The zero-order valence-electron chi connectivity index (χ0n) is 17.3. The summed E-state index contributed by atoms with van der Waals surface area (Å²) < 4.78 is 16.2. The number of hydrogen-bond donors (Lipinski definition) is 1. The number of carbonyl (C=O) groups is 2. The molecule has 0 aliphatic carbocycles. The molecule has 4 rings (SSSR count). The van der Waals surface area contributed by atoms with E-state index in [1.807, 2.05) is 32.0 Å². The molecule has 2 aromatic carbocycles. The summed E-state index contributed by atoms with van der Waals surface area (Å²) in [6.45, 7) is 5.10. The van der Waals surface area contributed by atoms with Crippen LogP contribution in [0, 0.1) is 0 Å². The molecule has 2 aliphatic heterocycles. The molecule has 0 unspecified atom stereocenters. The van der Waals surface area contributed by atoms with Crippen molar-refractivity contribution in [3.8, 4) is 17.2 Å². The number of carbonyl (C=O) groups excluding carboxylic acids is 2. The number of nitrogens with one attached hydrogen (secondary N) is 1. The molecule has 2 amide bonds. The summed E-state index contributed by atoms with van der Waals surface area (Å²) in [6, 6.07) is 12.4. The van der Waals surface area contributed by atoms with E-state index in [1.54, 1.807) is 24.3 Å². The van der Waals surface area contributed by atoms with Gasteiger partial charge in [-0.3, -0.25) is 14.6 Å². The molecule has 1 fully saturated rings. The van der Waals surface area contributed by atoms with Crippen molar-refractivity contribution in [2.45, 2.75) is 25.5 Å². The van der Waals surface area contributed by atoms with Gasteiger partial charge in [0, 0.05) is 24.7 Å². The van der Waals surface area contributed by atoms with Gasteiger partial charge in [0.15, 0.2) is 16.7 Å². The molecule has 1 atom stereocenters. The van der Waals surface area contributed by atoms with Crippen LogP contribution in [0.1, 0.15) is 20.3 Å². The first-order valence-corrected chi connectivity index (χ1v) is 10.9. The van der Waals surface area contributed by atoms with Gasteiger partial charge in [-0.2, -0.15) is 0 Å². The minimum Gasteiger partial charge on any atom is -0.494 e. The van der Waals surface area contributed by atoms with Crippen molar-refractivity contribution in [3.63, 3.8) is 0 Å². The van der Waals surface area contributed by atoms with Crippen molar-refractivity contribution < 1.29 is 23.8 Å². The molecule has 0 aromatic heterocycles. The fourth-order valence-corrected chi connectivity index (χ4v) is 4.39. The molecule has 0 bridgehead atoms. The quantitative estimate of drug-likeness (QED) is 0.416. The second-order valence-electron chi connectivity index (χ2n) is 6.78. The summed E-state index contributed by atoms with van der Waals surface area (Å²) in [7, 11) is 0. The highest BCUT2D eigenvalue weighted by Crippen LogP contribution is 2.35. The smallest absolute Gasteiger partial charge is 0.247 e. The number of thioether (sulfide) groups is 1. The fraction of sp³-hybridized carbons (Fsp3) is 0.318. The number of hydrogen-bond acceptors (Lipinski definition) is 7. The van der Waals surface area contributed by atoms with Gasteiger partial charge in [0.1, 0.15) is 11.0 Å². The number of aliphatic imine (C=N–C) groups is 1. The van der Waals surface area contributed by atoms with E-state index in [4.69, 9.17) is 14.2 Å². The molecule has 2 heterocycles. The van der Waals surface area contributed by atoms with Gasteiger partial charge < -0.3 is 19.5 Å². The van der Waals surface area contributed by atoms with Gasteiger partial charge in [-0.15, -0.1) is 0 Å². The van der Waals surface area contributed by atoms with E-state index in [1.165, 1.54) is 16.7 Å². The monoisotopic (exact) mass is 441 g/mol. The SMILES string of the molecule is CCN=C(Nc1ccc2c(c1)OCO2)S[C@@H]1CC(=O)N(c2ccc(OCC)cc2)C1=O. The molecule has 2 aromatic rings. The Hall–Kier alpha value is -3.20. The lowest BCUT2D eigenvalue weighted by Crippen LogP contribution is -2.31. The van der Waals surface area contributed by atoms with Crippen molar-refractivity contribution >= 4 is 40.1 Å². The topological polar surface area (TPSA) is 89.5 Å². The Labute approximate surface area is 184 Å². The molecular formula is C22H23N3O5S. The highest BCUT2D eigenvalue weighted by Gasteiger charge is 2.40. The lowest BCUT2D eigenvalue weighted by molar-refractivity contribution is -0.121. The first-order valence-electron chi connectivity index (χ1n) is 10.1. The predicted octanol–water partition coefficient (Wildman–Crippen LogP) is 3.67. The highest BCUT2D eigenvalue weighted by molar-refractivity contribution is 8.15. The number of fused-ring (bicyclic) bond motifs is 1. The average Bonchev–Trinajstić information content (AvgIpc) is 3.33. The second kappa shape index (κ2) is 9.30. The summed E-state index contributed by atoms with van der Waals surface area (Å²) in [5.74, 6) is 1.55. The molecule has 0 radical (unpaired) electrons. The number of ether oxygens (including phenoxy) is 3. The second-order valence-corrected chi connectivity index (χ2v) is 7.97. The third kappa shape index (κ3) is 4.61. The van der Waals surface area contributed by atoms with E-state index in [2.05, 4.69) is 10.3 Å². The number of imide groups is 1. The van der Waals surface area contributed by atoms with Crippen molar-refractivity contribution in [2.24, 2.45) is 4.99 Å². The van der Waals surface area contributed by atoms with Crippen LogP contribution in [0.25, 0.3) is 0 Å². The van der Waals surface area contributed by atoms with Crippen molar-refractivity contribution in [2.75, 3.05) is 30.2 Å². The Bertz CT molecular complexity index is 1010. The summed E-state index contributed by atoms with van der Waals surface area (Å²) in [5.41, 5.74) is 1.31. The predicted molar refractivity (Wildman–Crippen MR) is 120 cm³/mol. The first-order chi connectivity index (χ1) is 15.1. The molecule has 0 spiro atoms. The van der Waals surface area contributed by atoms with Crippen molar-refractivity contribution in [1.29, 1.82) is 0 Å². The Balaban J connectivity index is 1.46. The Kier molecular flexibility index (Phi) is 6.31. The van der Waals surface area contributed by atoms with Crippen LogP contribution in [-0.2, 0) is 9.59 Å². The first kappa shape index (κ1) is 21.0. The van der Waals surface area contributed by atoms with Crippen LogP contribution in [0.5, 0.6) is 17.2 Å². The minimum atomic E-state index is -0.550. The highest BCUT2D eigenvalue weighted by atomic mass is 32.2. The molecule has 8 nitrogen and oxygen atoms in total. The molecule has 31 heavy (non-hydrogen) atoms. The maximum atomic E-state index is 13.0. The molecule has 1 N–H and O–H groups in total. The summed E-state index contributed by atoms with van der Waals surface area (Å²) in [6.07, 6.45) is 0.113. The van der Waals surface area contributed by atoms with E-state index in [-0.39, 0.29) is 25.0 Å². The van der Waals surface area contributed by atoms with E-state index < -0.39 is 5.25 Å². The number of nitrogens with zero attached hydrogens (tertiary/aromatic N) is 2. The maximum absolute atomic E-state index is 13.0. The molecule has 0 saturated carbocycles. The van der Waals surface area contributed by atoms with Crippen LogP contribution in [0.2, 0.25) is 0 Å². The van der Waals surface area contributed by atoms with Gasteiger partial charge in [-0.1, -0.05) is 11.8 Å². The van der Waals surface area contributed by atoms with Gasteiger partial charge in [0.25, 0.3) is 0 Å². The number of amides is 2. The third-order valence-corrected chi connectivity index (χ3v) is 5.80. The van der Waals surface area contributed by atoms with E-state index in [0.717, 1.165) is 5.69 Å². The van der Waals surface area contributed by atoms with E-state index >= 15 is 0 Å². The van der Waals surface area contributed by atoms with Crippen LogP contribution in [-0.4, -0.2) is 42.2 Å². The van der Waals surface area contributed by atoms with Gasteiger partial charge in [-0.25, -0.2) is 4.90 Å². The summed E-state index contributed by atoms with van der Waals surface area (Å²) in [4.78, 5) is 31.3. The summed E-state index contributed by atoms with van der Waals surface area (Å²) >= 11 is 1.26. The number of rotatable bonds is 6. The summed E-state index contributed by atoms with van der Waals surface area (Å²) in [5, 5.41) is 3.25. The zero-order chi connectivity index (χ0) is 21.8. The molecule has 2 aliphatic rings. The zero-order valence-corrected chi connectivity index (χ0v) is 18.1. The number of benzene rings is 2. The van der Waals surface area contributed by atoms with Crippen LogP contribution in [0.4, 0.5) is 11.4 Å². The van der Waals surface area contributed by atoms with Crippen LogP contribution >= 0.6 is 11.8 Å².